The molecule has 0 atom stereocenters. The number of anilines is 1. The molecule has 1 aliphatic carbocycles. The molecule has 0 spiro atoms. The molecule has 1 aromatic carbocycles. The zero-order valence-electron chi connectivity index (χ0n) is 16.6. The standard InChI is InChI=1S/C21H29N2O2/c1-14-9-16(22(3)4)10-15(2)18(14)13-19-20(24-7)11-17(23(5)6)12-21(19)25-8/h9-13H,1-8H3/q+1. The average Bonchev–Trinajstić information content (AvgIpc) is 2.56. The molecule has 0 heterocycles. The van der Waals surface area contributed by atoms with Gasteiger partial charge in [-0.1, -0.05) is 0 Å². The lowest BCUT2D eigenvalue weighted by atomic mass is 9.95. The second kappa shape index (κ2) is 7.60. The largest absolute Gasteiger partial charge is 0.496 e. The predicted molar refractivity (Wildman–Crippen MR) is 106 cm³/mol. The van der Waals surface area contributed by atoms with Crippen LogP contribution in [-0.4, -0.2) is 52.7 Å². The molecule has 134 valence electrons. The summed E-state index contributed by atoms with van der Waals surface area (Å²) in [5.74, 6) is 1.61. The van der Waals surface area contributed by atoms with Crippen molar-refractivity contribution in [1.29, 1.82) is 0 Å². The minimum atomic E-state index is 0.804. The first-order valence-corrected chi connectivity index (χ1v) is 8.35. The third-order valence-corrected chi connectivity index (χ3v) is 4.43. The molecule has 0 amide bonds. The van der Waals surface area contributed by atoms with Crippen molar-refractivity contribution < 1.29 is 14.0 Å². The summed E-state index contributed by atoms with van der Waals surface area (Å²) in [5, 5.41) is 0. The van der Waals surface area contributed by atoms with Crippen molar-refractivity contribution in [2.24, 2.45) is 0 Å². The first kappa shape index (κ1) is 18.8. The van der Waals surface area contributed by atoms with E-state index in [9.17, 15) is 0 Å². The Bertz CT molecular complexity index is 743. The van der Waals surface area contributed by atoms with E-state index in [1.807, 2.05) is 30.8 Å². The van der Waals surface area contributed by atoms with Crippen molar-refractivity contribution in [3.63, 3.8) is 0 Å². The number of benzene rings is 1. The SMILES string of the molecule is COC1=CC(=[N+](C)C)C=C(OC)C1=Cc1c(C)cc(N(C)C)cc1C. The van der Waals surface area contributed by atoms with Gasteiger partial charge in [0.1, 0.15) is 25.6 Å². The van der Waals surface area contributed by atoms with Gasteiger partial charge in [0.05, 0.1) is 31.9 Å². The fourth-order valence-corrected chi connectivity index (χ4v) is 2.91. The molecule has 4 nitrogen and oxygen atoms in total. The molecule has 1 aromatic rings. The highest BCUT2D eigenvalue weighted by molar-refractivity contribution is 6.04. The minimum absolute atomic E-state index is 0.804. The fraction of sp³-hybridized carbons (Fsp3) is 0.381. The minimum Gasteiger partial charge on any atom is -0.496 e. The van der Waals surface area contributed by atoms with Gasteiger partial charge in [0, 0.05) is 19.8 Å². The number of hydrogen-bond donors (Lipinski definition) is 0. The third-order valence-electron chi connectivity index (χ3n) is 4.43. The molecule has 25 heavy (non-hydrogen) atoms. The van der Waals surface area contributed by atoms with Crippen LogP contribution < -0.4 is 4.90 Å². The maximum atomic E-state index is 5.65. The summed E-state index contributed by atoms with van der Waals surface area (Å²) in [7, 11) is 11.5. The van der Waals surface area contributed by atoms with Crippen LogP contribution in [0.5, 0.6) is 0 Å². The quantitative estimate of drug-likeness (QED) is 0.783. The van der Waals surface area contributed by atoms with Gasteiger partial charge in [-0.2, -0.15) is 0 Å². The summed E-state index contributed by atoms with van der Waals surface area (Å²) >= 11 is 0. The second-order valence-corrected chi connectivity index (χ2v) is 6.69. The summed E-state index contributed by atoms with van der Waals surface area (Å²) in [5.41, 5.74) is 6.85. The molecular formula is C21H29N2O2+. The van der Waals surface area contributed by atoms with E-state index in [1.165, 1.54) is 22.4 Å². The van der Waals surface area contributed by atoms with Gasteiger partial charge in [-0.15, -0.1) is 0 Å². The summed E-state index contributed by atoms with van der Waals surface area (Å²) in [6, 6.07) is 4.40. The van der Waals surface area contributed by atoms with Crippen LogP contribution in [0.15, 0.2) is 41.4 Å². The highest BCUT2D eigenvalue weighted by atomic mass is 16.5. The highest BCUT2D eigenvalue weighted by Gasteiger charge is 2.22. The van der Waals surface area contributed by atoms with E-state index in [4.69, 9.17) is 9.47 Å². The van der Waals surface area contributed by atoms with Crippen LogP contribution in [0.25, 0.3) is 6.08 Å². The molecule has 2 rings (SSSR count). The molecule has 0 unspecified atom stereocenters. The monoisotopic (exact) mass is 341 g/mol. The average molecular weight is 341 g/mol. The van der Waals surface area contributed by atoms with Gasteiger partial charge >= 0.3 is 0 Å². The molecule has 4 heteroatoms. The van der Waals surface area contributed by atoms with E-state index in [-0.39, 0.29) is 0 Å². The van der Waals surface area contributed by atoms with Gasteiger partial charge < -0.3 is 14.4 Å². The van der Waals surface area contributed by atoms with E-state index in [0.29, 0.717) is 0 Å². The molecule has 0 fully saturated rings. The highest BCUT2D eigenvalue weighted by Crippen LogP contribution is 2.31. The zero-order valence-corrected chi connectivity index (χ0v) is 16.6. The van der Waals surface area contributed by atoms with Crippen LogP contribution in [0, 0.1) is 13.8 Å². The number of hydrogen-bond acceptors (Lipinski definition) is 3. The summed E-state index contributed by atoms with van der Waals surface area (Å²) < 4.78 is 13.3. The van der Waals surface area contributed by atoms with Gasteiger partial charge in [0.15, 0.2) is 0 Å². The molecule has 0 bridgehead atoms. The first-order chi connectivity index (χ1) is 11.8. The normalized spacial score (nSPS) is 13.9. The number of methoxy groups -OCH3 is 2. The number of aryl methyl sites for hydroxylation is 2. The molecule has 0 radical (unpaired) electrons. The van der Waals surface area contributed by atoms with Crippen LogP contribution in [0.1, 0.15) is 16.7 Å². The van der Waals surface area contributed by atoms with Crippen molar-refractivity contribution >= 4 is 17.5 Å². The third kappa shape index (κ3) is 3.95. The van der Waals surface area contributed by atoms with Crippen molar-refractivity contribution in [2.45, 2.75) is 13.8 Å². The predicted octanol–water partition coefficient (Wildman–Crippen LogP) is 3.54. The fourth-order valence-electron chi connectivity index (χ4n) is 2.91. The molecule has 0 saturated heterocycles. The van der Waals surface area contributed by atoms with E-state index in [0.717, 1.165) is 22.8 Å². The zero-order chi connectivity index (χ0) is 18.7. The van der Waals surface area contributed by atoms with Gasteiger partial charge in [-0.3, -0.25) is 0 Å². The Morgan fingerprint density at radius 1 is 0.920 bits per heavy atom. The van der Waals surface area contributed by atoms with E-state index < -0.39 is 0 Å². The maximum absolute atomic E-state index is 5.65. The Kier molecular flexibility index (Phi) is 5.73. The summed E-state index contributed by atoms with van der Waals surface area (Å²) in [4.78, 5) is 2.12. The van der Waals surface area contributed by atoms with Gasteiger partial charge in [-0.25, -0.2) is 4.58 Å². The molecule has 0 N–H and O–H groups in total. The summed E-state index contributed by atoms with van der Waals surface area (Å²) in [6.07, 6.45) is 6.22. The van der Waals surface area contributed by atoms with Gasteiger partial charge in [0.2, 0.25) is 5.71 Å². The van der Waals surface area contributed by atoms with E-state index >= 15 is 0 Å². The second-order valence-electron chi connectivity index (χ2n) is 6.69. The number of ether oxygens (including phenoxy) is 2. The smallest absolute Gasteiger partial charge is 0.206 e. The van der Waals surface area contributed by atoms with E-state index in [2.05, 4.69) is 51.1 Å². The Hall–Kier alpha value is -2.49. The Morgan fingerprint density at radius 3 is 1.76 bits per heavy atom. The van der Waals surface area contributed by atoms with Crippen molar-refractivity contribution in [2.75, 3.05) is 47.3 Å². The van der Waals surface area contributed by atoms with Crippen LogP contribution in [-0.2, 0) is 9.47 Å². The number of nitrogens with zero attached hydrogens (tertiary/aromatic N) is 2. The molecule has 1 aliphatic rings. The lowest BCUT2D eigenvalue weighted by Gasteiger charge is -2.20. The Balaban J connectivity index is 2.62. The van der Waals surface area contributed by atoms with Gasteiger partial charge in [-0.05, 0) is 48.7 Å². The molecule has 0 aromatic heterocycles. The van der Waals surface area contributed by atoms with Crippen LogP contribution in [0.2, 0.25) is 0 Å². The van der Waals surface area contributed by atoms with Crippen LogP contribution >= 0.6 is 0 Å². The molecular weight excluding hydrogens is 312 g/mol. The van der Waals surface area contributed by atoms with Crippen LogP contribution in [0.3, 0.4) is 0 Å². The summed E-state index contributed by atoms with van der Waals surface area (Å²) in [6.45, 7) is 4.28. The maximum Gasteiger partial charge on any atom is 0.206 e. The lowest BCUT2D eigenvalue weighted by Crippen LogP contribution is -2.16. The van der Waals surface area contributed by atoms with Crippen molar-refractivity contribution in [3.8, 4) is 0 Å². The van der Waals surface area contributed by atoms with Crippen LogP contribution in [0.4, 0.5) is 5.69 Å². The topological polar surface area (TPSA) is 24.7 Å². The first-order valence-electron chi connectivity index (χ1n) is 8.35. The van der Waals surface area contributed by atoms with Crippen molar-refractivity contribution in [1.82, 2.24) is 0 Å². The molecule has 0 aliphatic heterocycles. The number of allylic oxidation sites excluding steroid dienone is 2. The van der Waals surface area contributed by atoms with Gasteiger partial charge in [0.25, 0.3) is 0 Å². The Morgan fingerprint density at radius 2 is 1.40 bits per heavy atom. The lowest BCUT2D eigenvalue weighted by molar-refractivity contribution is -0.462. The number of rotatable bonds is 4. The molecule has 0 saturated carbocycles. The van der Waals surface area contributed by atoms with Crippen molar-refractivity contribution in [3.05, 3.63) is 58.1 Å². The Labute approximate surface area is 151 Å². The van der Waals surface area contributed by atoms with E-state index in [1.54, 1.807) is 14.2 Å².